The molecule has 24 heavy (non-hydrogen) atoms. The summed E-state index contributed by atoms with van der Waals surface area (Å²) in [5.41, 5.74) is 0.386. The van der Waals surface area contributed by atoms with Crippen LogP contribution >= 0.6 is 11.6 Å². The Balaban J connectivity index is 2.13. The summed E-state index contributed by atoms with van der Waals surface area (Å²) in [6.07, 6.45) is 0.613. The fraction of sp³-hybridized carbons (Fsp3) is 0.684. The molecule has 0 saturated heterocycles. The Hall–Kier alpha value is -0.810. The number of rotatable bonds is 10. The van der Waals surface area contributed by atoms with Crippen LogP contribution in [0.4, 0.5) is 0 Å². The quantitative estimate of drug-likeness (QED) is 0.632. The third kappa shape index (κ3) is 10.1. The second kappa shape index (κ2) is 9.62. The largest absolute Gasteiger partial charge is 0.491 e. The van der Waals surface area contributed by atoms with Crippen molar-refractivity contribution in [3.8, 4) is 5.75 Å². The first-order valence-corrected chi connectivity index (χ1v) is 8.94. The van der Waals surface area contributed by atoms with Crippen LogP contribution in [0.2, 0.25) is 5.02 Å². The maximum absolute atomic E-state index is 10.0. The van der Waals surface area contributed by atoms with Crippen LogP contribution in [-0.4, -0.2) is 43.1 Å². The van der Waals surface area contributed by atoms with Gasteiger partial charge in [0.1, 0.15) is 25.0 Å². The predicted molar refractivity (Wildman–Crippen MR) is 98.7 cm³/mol. The van der Waals surface area contributed by atoms with Crippen molar-refractivity contribution in [3.63, 3.8) is 0 Å². The van der Waals surface area contributed by atoms with Crippen LogP contribution < -0.4 is 10.1 Å². The van der Waals surface area contributed by atoms with E-state index < -0.39 is 6.10 Å². The van der Waals surface area contributed by atoms with Gasteiger partial charge in [-0.2, -0.15) is 0 Å². The summed E-state index contributed by atoms with van der Waals surface area (Å²) >= 11 is 5.82. The molecule has 0 spiro atoms. The van der Waals surface area contributed by atoms with Crippen molar-refractivity contribution in [2.24, 2.45) is 5.41 Å². The minimum Gasteiger partial charge on any atom is -0.491 e. The van der Waals surface area contributed by atoms with Gasteiger partial charge in [0, 0.05) is 11.4 Å². The Bertz CT molecular complexity index is 468. The average molecular weight is 359 g/mol. The van der Waals surface area contributed by atoms with Crippen LogP contribution in [-0.2, 0) is 4.74 Å². The van der Waals surface area contributed by atoms with E-state index in [2.05, 4.69) is 39.9 Å². The number of hydrogen-bond acceptors (Lipinski definition) is 3. The van der Waals surface area contributed by atoms with Crippen molar-refractivity contribution in [3.05, 3.63) is 29.3 Å². The summed E-state index contributed by atoms with van der Waals surface area (Å²) in [7, 11) is 0. The minimum atomic E-state index is -0.472. The molecule has 1 aromatic rings. The third-order valence-electron chi connectivity index (χ3n) is 3.55. The topological polar surface area (TPSA) is 55.3 Å². The zero-order valence-corrected chi connectivity index (χ0v) is 16.4. The first-order valence-electron chi connectivity index (χ1n) is 8.56. The molecule has 0 saturated carbocycles. The smallest absolute Gasteiger partial charge is 0.126 e. The summed E-state index contributed by atoms with van der Waals surface area (Å²) in [5, 5.41) is 12.9. The van der Waals surface area contributed by atoms with Gasteiger partial charge < -0.3 is 19.9 Å². The fourth-order valence-corrected chi connectivity index (χ4v) is 3.06. The molecule has 1 rings (SSSR count). The molecule has 0 amide bonds. The molecular weight excluding hydrogens is 326 g/mol. The Morgan fingerprint density at radius 1 is 1.08 bits per heavy atom. The number of aliphatic hydroxyl groups excluding tert-OH is 1. The van der Waals surface area contributed by atoms with E-state index in [1.165, 1.54) is 0 Å². The molecule has 0 aromatic heterocycles. The fourth-order valence-electron chi connectivity index (χ4n) is 2.93. The van der Waals surface area contributed by atoms with Crippen molar-refractivity contribution < 1.29 is 19.9 Å². The standard InChI is InChI=1S/C19H32ClNO3/c1-18(2,3)14-19(4,5)21-12-16(22)13-23-10-11-24-17-8-6-15(20)7-9-17/h6-9,16,21-22H,10-14H2,1-5H3/p+1/t16-/m1/s1. The van der Waals surface area contributed by atoms with Crippen molar-refractivity contribution in [2.75, 3.05) is 26.4 Å². The molecule has 0 aliphatic heterocycles. The lowest BCUT2D eigenvalue weighted by Crippen LogP contribution is -2.97. The zero-order chi connectivity index (χ0) is 18.2. The molecule has 1 atom stereocenters. The molecule has 5 heteroatoms. The van der Waals surface area contributed by atoms with Gasteiger partial charge in [-0.1, -0.05) is 32.4 Å². The molecule has 1 aromatic carbocycles. The number of quaternary nitrogens is 1. The summed E-state index contributed by atoms with van der Waals surface area (Å²) in [6, 6.07) is 7.22. The van der Waals surface area contributed by atoms with Gasteiger partial charge in [0.15, 0.2) is 0 Å². The summed E-state index contributed by atoms with van der Waals surface area (Å²) < 4.78 is 11.0. The highest BCUT2D eigenvalue weighted by molar-refractivity contribution is 6.30. The van der Waals surface area contributed by atoms with E-state index >= 15 is 0 Å². The van der Waals surface area contributed by atoms with E-state index in [1.807, 2.05) is 12.1 Å². The van der Waals surface area contributed by atoms with Gasteiger partial charge in [-0.05, 0) is 43.5 Å². The van der Waals surface area contributed by atoms with E-state index in [-0.39, 0.29) is 11.0 Å². The monoisotopic (exact) mass is 358 g/mol. The highest BCUT2D eigenvalue weighted by Gasteiger charge is 2.28. The molecule has 0 radical (unpaired) electrons. The van der Waals surface area contributed by atoms with Gasteiger partial charge in [0.05, 0.1) is 18.8 Å². The van der Waals surface area contributed by atoms with Crippen LogP contribution in [0.15, 0.2) is 24.3 Å². The van der Waals surface area contributed by atoms with E-state index in [1.54, 1.807) is 12.1 Å². The number of hydrogen-bond donors (Lipinski definition) is 2. The Morgan fingerprint density at radius 3 is 2.29 bits per heavy atom. The highest BCUT2D eigenvalue weighted by Crippen LogP contribution is 2.24. The Labute approximate surface area is 151 Å². The first kappa shape index (κ1) is 21.2. The number of ether oxygens (including phenoxy) is 2. The lowest BCUT2D eigenvalue weighted by atomic mass is 9.82. The van der Waals surface area contributed by atoms with Gasteiger partial charge in [0.25, 0.3) is 0 Å². The van der Waals surface area contributed by atoms with Crippen molar-refractivity contribution in [1.82, 2.24) is 0 Å². The summed E-state index contributed by atoms with van der Waals surface area (Å²) in [4.78, 5) is 0. The number of halogens is 1. The molecule has 0 fully saturated rings. The lowest BCUT2D eigenvalue weighted by molar-refractivity contribution is -0.728. The minimum absolute atomic E-state index is 0.108. The second-order valence-electron chi connectivity index (χ2n) is 8.20. The Kier molecular flexibility index (Phi) is 8.51. The molecule has 4 nitrogen and oxygen atoms in total. The molecule has 0 bridgehead atoms. The predicted octanol–water partition coefficient (Wildman–Crippen LogP) is 2.87. The number of benzene rings is 1. The first-order chi connectivity index (χ1) is 11.1. The van der Waals surface area contributed by atoms with E-state index in [4.69, 9.17) is 21.1 Å². The molecule has 0 aliphatic rings. The summed E-state index contributed by atoms with van der Waals surface area (Å²) in [6.45, 7) is 13.0. The van der Waals surface area contributed by atoms with Crippen molar-refractivity contribution in [1.29, 1.82) is 0 Å². The highest BCUT2D eigenvalue weighted by atomic mass is 35.5. The van der Waals surface area contributed by atoms with Gasteiger partial charge in [-0.25, -0.2) is 0 Å². The molecule has 138 valence electrons. The van der Waals surface area contributed by atoms with E-state index in [0.29, 0.717) is 31.4 Å². The van der Waals surface area contributed by atoms with Gasteiger partial charge in [-0.3, -0.25) is 0 Å². The van der Waals surface area contributed by atoms with Crippen LogP contribution in [0.1, 0.15) is 41.0 Å². The zero-order valence-electron chi connectivity index (χ0n) is 15.6. The van der Waals surface area contributed by atoms with Crippen LogP contribution in [0.25, 0.3) is 0 Å². The molecule has 0 heterocycles. The molecular formula is C19H33ClNO3+. The van der Waals surface area contributed by atoms with Crippen molar-refractivity contribution >= 4 is 11.6 Å². The van der Waals surface area contributed by atoms with Gasteiger partial charge in [0.2, 0.25) is 0 Å². The molecule has 0 aliphatic carbocycles. The molecule has 3 N–H and O–H groups in total. The average Bonchev–Trinajstić information content (AvgIpc) is 2.44. The van der Waals surface area contributed by atoms with Gasteiger partial charge >= 0.3 is 0 Å². The third-order valence-corrected chi connectivity index (χ3v) is 3.80. The number of aliphatic hydroxyl groups is 1. The maximum Gasteiger partial charge on any atom is 0.126 e. The van der Waals surface area contributed by atoms with Crippen LogP contribution in [0, 0.1) is 5.41 Å². The van der Waals surface area contributed by atoms with E-state index in [0.717, 1.165) is 12.2 Å². The normalized spacial score (nSPS) is 13.8. The molecule has 0 unspecified atom stereocenters. The lowest BCUT2D eigenvalue weighted by Gasteiger charge is -2.31. The van der Waals surface area contributed by atoms with Gasteiger partial charge in [-0.15, -0.1) is 0 Å². The van der Waals surface area contributed by atoms with Crippen LogP contribution in [0.3, 0.4) is 0 Å². The SMILES string of the molecule is CC(C)(C)CC(C)(C)[NH2+]C[C@@H](O)COCCOc1ccc(Cl)cc1. The van der Waals surface area contributed by atoms with Crippen LogP contribution in [0.5, 0.6) is 5.75 Å². The van der Waals surface area contributed by atoms with Crippen molar-refractivity contribution in [2.45, 2.75) is 52.7 Å². The second-order valence-corrected chi connectivity index (χ2v) is 8.63. The van der Waals surface area contributed by atoms with E-state index in [9.17, 15) is 5.11 Å². The number of nitrogens with two attached hydrogens (primary N) is 1. The summed E-state index contributed by atoms with van der Waals surface area (Å²) in [5.74, 6) is 0.765. The maximum atomic E-state index is 10.0. The Morgan fingerprint density at radius 2 is 1.71 bits per heavy atom.